The number of nitrogens with one attached hydrogen (secondary N) is 2. The number of carboxylic acid groups (broad SMARTS) is 1. The summed E-state index contributed by atoms with van der Waals surface area (Å²) in [5.41, 5.74) is 1.60. The van der Waals surface area contributed by atoms with Crippen LogP contribution in [0.3, 0.4) is 0 Å². The minimum Gasteiger partial charge on any atom is -0.481 e. The SMILES string of the molecule is CCNC(=O)Nc1ncnc2c1ncn2C1OC(CC(=O)O)C2OC(c3ccccc3)OC21. The molecule has 0 bridgehead atoms. The summed E-state index contributed by atoms with van der Waals surface area (Å²) in [6.45, 7) is 2.26. The number of nitrogens with zero attached hydrogens (tertiary/aromatic N) is 4. The third kappa shape index (κ3) is 3.99. The molecule has 2 amide bonds. The molecule has 0 saturated carbocycles. The Morgan fingerprint density at radius 2 is 1.88 bits per heavy atom. The molecule has 33 heavy (non-hydrogen) atoms. The highest BCUT2D eigenvalue weighted by atomic mass is 16.8. The number of anilines is 1. The predicted molar refractivity (Wildman–Crippen MR) is 113 cm³/mol. The minimum atomic E-state index is -1.00. The Morgan fingerprint density at radius 1 is 1.09 bits per heavy atom. The molecule has 2 aliphatic heterocycles. The van der Waals surface area contributed by atoms with Crippen LogP contribution in [0.4, 0.5) is 10.6 Å². The van der Waals surface area contributed by atoms with Crippen LogP contribution in [0.15, 0.2) is 43.0 Å². The van der Waals surface area contributed by atoms with Crippen LogP contribution in [0.5, 0.6) is 0 Å². The van der Waals surface area contributed by atoms with Crippen LogP contribution in [-0.2, 0) is 19.0 Å². The van der Waals surface area contributed by atoms with Gasteiger partial charge in [-0.3, -0.25) is 14.7 Å². The van der Waals surface area contributed by atoms with E-state index in [1.165, 1.54) is 12.7 Å². The molecule has 1 aromatic carbocycles. The molecule has 0 aliphatic carbocycles. The van der Waals surface area contributed by atoms with Crippen molar-refractivity contribution in [3.63, 3.8) is 0 Å². The monoisotopic (exact) mass is 454 g/mol. The molecule has 12 nitrogen and oxygen atoms in total. The van der Waals surface area contributed by atoms with Gasteiger partial charge in [0.2, 0.25) is 0 Å². The number of carbonyl (C=O) groups excluding carboxylic acids is 1. The van der Waals surface area contributed by atoms with Gasteiger partial charge in [-0.1, -0.05) is 30.3 Å². The van der Waals surface area contributed by atoms with Gasteiger partial charge in [-0.25, -0.2) is 19.7 Å². The molecule has 4 heterocycles. The number of fused-ring (bicyclic) bond motifs is 2. The number of aliphatic carboxylic acids is 1. The first-order valence-electron chi connectivity index (χ1n) is 10.5. The average molecular weight is 454 g/mol. The number of hydrogen-bond donors (Lipinski definition) is 3. The Morgan fingerprint density at radius 3 is 2.64 bits per heavy atom. The van der Waals surface area contributed by atoms with Crippen LogP contribution in [0.2, 0.25) is 0 Å². The lowest BCUT2D eigenvalue weighted by molar-refractivity contribution is -0.158. The van der Waals surface area contributed by atoms with E-state index in [2.05, 4.69) is 25.6 Å². The molecule has 2 aliphatic rings. The average Bonchev–Trinajstić information content (AvgIpc) is 3.49. The zero-order valence-corrected chi connectivity index (χ0v) is 17.6. The highest BCUT2D eigenvalue weighted by Gasteiger charge is 2.54. The number of ether oxygens (including phenoxy) is 3. The summed E-state index contributed by atoms with van der Waals surface area (Å²) in [4.78, 5) is 36.2. The van der Waals surface area contributed by atoms with Crippen LogP contribution in [0, 0.1) is 0 Å². The highest BCUT2D eigenvalue weighted by Crippen LogP contribution is 2.45. The largest absolute Gasteiger partial charge is 0.481 e. The Balaban J connectivity index is 1.47. The molecule has 172 valence electrons. The number of rotatable bonds is 6. The van der Waals surface area contributed by atoms with Gasteiger partial charge in [0.15, 0.2) is 29.5 Å². The van der Waals surface area contributed by atoms with Crippen molar-refractivity contribution in [2.75, 3.05) is 11.9 Å². The summed E-state index contributed by atoms with van der Waals surface area (Å²) >= 11 is 0. The maximum atomic E-state index is 12.0. The van der Waals surface area contributed by atoms with E-state index < -0.39 is 42.8 Å². The Labute approximate surface area is 187 Å². The van der Waals surface area contributed by atoms with Gasteiger partial charge < -0.3 is 24.6 Å². The van der Waals surface area contributed by atoms with Crippen LogP contribution in [0.25, 0.3) is 11.2 Å². The van der Waals surface area contributed by atoms with Crippen molar-refractivity contribution in [3.8, 4) is 0 Å². The Bertz CT molecular complexity index is 1170. The quantitative estimate of drug-likeness (QED) is 0.507. The van der Waals surface area contributed by atoms with Gasteiger partial charge in [0.05, 0.1) is 18.9 Å². The lowest BCUT2D eigenvalue weighted by atomic mass is 10.1. The lowest BCUT2D eigenvalue weighted by Crippen LogP contribution is -2.30. The van der Waals surface area contributed by atoms with Crippen LogP contribution < -0.4 is 10.6 Å². The normalized spacial score (nSPS) is 26.3. The number of hydrogen-bond acceptors (Lipinski definition) is 8. The van der Waals surface area contributed by atoms with Crippen molar-refractivity contribution in [1.29, 1.82) is 0 Å². The lowest BCUT2D eigenvalue weighted by Gasteiger charge is -2.21. The van der Waals surface area contributed by atoms with Crippen molar-refractivity contribution < 1.29 is 28.9 Å². The summed E-state index contributed by atoms with van der Waals surface area (Å²) < 4.78 is 20.0. The fraction of sp³-hybridized carbons (Fsp3) is 0.381. The van der Waals surface area contributed by atoms with Gasteiger partial charge >= 0.3 is 12.0 Å². The standard InChI is InChI=1S/C21H22N6O6/c1-2-22-21(30)26-17-14-18(24-9-23-17)27(10-25-14)19-16-15(12(31-19)8-13(28)29)32-20(33-16)11-6-4-3-5-7-11/h3-7,9-10,12,15-16,19-20H,2,8H2,1H3,(H,28,29)(H2,22,23,24,26,30). The highest BCUT2D eigenvalue weighted by molar-refractivity contribution is 5.95. The van der Waals surface area contributed by atoms with Crippen molar-refractivity contribution in [1.82, 2.24) is 24.8 Å². The summed E-state index contributed by atoms with van der Waals surface area (Å²) in [5.74, 6) is -0.760. The zero-order chi connectivity index (χ0) is 22.9. The zero-order valence-electron chi connectivity index (χ0n) is 17.6. The number of carbonyl (C=O) groups is 2. The van der Waals surface area contributed by atoms with Crippen LogP contribution in [0.1, 0.15) is 31.4 Å². The first-order valence-corrected chi connectivity index (χ1v) is 10.5. The second kappa shape index (κ2) is 8.73. The Hall–Kier alpha value is -3.61. The van der Waals surface area contributed by atoms with Crippen LogP contribution in [-0.4, -0.2) is 61.5 Å². The van der Waals surface area contributed by atoms with Gasteiger partial charge in [-0.15, -0.1) is 0 Å². The van der Waals surface area contributed by atoms with E-state index in [0.717, 1.165) is 5.56 Å². The second-order valence-electron chi connectivity index (χ2n) is 7.64. The molecule has 12 heteroatoms. The van der Waals surface area contributed by atoms with Gasteiger partial charge in [-0.05, 0) is 6.92 Å². The van der Waals surface area contributed by atoms with Crippen LogP contribution >= 0.6 is 0 Å². The third-order valence-electron chi connectivity index (χ3n) is 5.50. The molecule has 2 aromatic heterocycles. The van der Waals surface area contributed by atoms with E-state index in [0.29, 0.717) is 17.7 Å². The van der Waals surface area contributed by atoms with E-state index >= 15 is 0 Å². The summed E-state index contributed by atoms with van der Waals surface area (Å²) in [5, 5.41) is 14.6. The molecule has 5 rings (SSSR count). The maximum Gasteiger partial charge on any atom is 0.320 e. The van der Waals surface area contributed by atoms with E-state index in [1.807, 2.05) is 30.3 Å². The Kier molecular flexibility index (Phi) is 5.62. The fourth-order valence-electron chi connectivity index (χ4n) is 4.10. The first-order chi connectivity index (χ1) is 16.0. The summed E-state index contributed by atoms with van der Waals surface area (Å²) in [6, 6.07) is 9.00. The maximum absolute atomic E-state index is 12.0. The molecule has 5 atom stereocenters. The molecule has 3 aromatic rings. The number of benzene rings is 1. The second-order valence-corrected chi connectivity index (χ2v) is 7.64. The number of urea groups is 1. The number of amides is 2. The summed E-state index contributed by atoms with van der Waals surface area (Å²) in [7, 11) is 0. The minimum absolute atomic E-state index is 0.242. The van der Waals surface area contributed by atoms with E-state index in [-0.39, 0.29) is 12.2 Å². The van der Waals surface area contributed by atoms with E-state index in [1.54, 1.807) is 11.5 Å². The van der Waals surface area contributed by atoms with Crippen molar-refractivity contribution in [2.24, 2.45) is 0 Å². The van der Waals surface area contributed by atoms with E-state index in [4.69, 9.17) is 14.2 Å². The summed E-state index contributed by atoms with van der Waals surface area (Å²) in [6.07, 6.45) is -0.718. The molecule has 3 N–H and O–H groups in total. The van der Waals surface area contributed by atoms with Gasteiger partial charge in [0.1, 0.15) is 18.5 Å². The number of aromatic nitrogens is 4. The number of carboxylic acids is 1. The van der Waals surface area contributed by atoms with Crippen molar-refractivity contribution in [3.05, 3.63) is 48.5 Å². The topological polar surface area (TPSA) is 150 Å². The van der Waals surface area contributed by atoms with Crippen molar-refractivity contribution >= 4 is 29.0 Å². The molecule has 2 fully saturated rings. The molecular weight excluding hydrogens is 432 g/mol. The molecular formula is C21H22N6O6. The molecule has 5 unspecified atom stereocenters. The first kappa shape index (κ1) is 21.2. The molecule has 0 radical (unpaired) electrons. The van der Waals surface area contributed by atoms with E-state index in [9.17, 15) is 14.7 Å². The van der Waals surface area contributed by atoms with Crippen molar-refractivity contribution in [2.45, 2.75) is 44.2 Å². The van der Waals surface area contributed by atoms with Gasteiger partial charge in [0.25, 0.3) is 0 Å². The number of imidazole rings is 1. The fourth-order valence-corrected chi connectivity index (χ4v) is 4.10. The van der Waals surface area contributed by atoms with Gasteiger partial charge in [0, 0.05) is 12.1 Å². The predicted octanol–water partition coefficient (Wildman–Crippen LogP) is 1.82. The molecule has 2 saturated heterocycles. The van der Waals surface area contributed by atoms with Gasteiger partial charge in [-0.2, -0.15) is 0 Å². The molecule has 0 spiro atoms. The smallest absolute Gasteiger partial charge is 0.320 e. The third-order valence-corrected chi connectivity index (χ3v) is 5.50.